The second kappa shape index (κ2) is 6.46. The number of hydrogen-bond acceptors (Lipinski definition) is 3. The Morgan fingerprint density at radius 2 is 2.04 bits per heavy atom. The highest BCUT2D eigenvalue weighted by molar-refractivity contribution is 5.89. The fraction of sp³-hybridized carbons (Fsp3) is 0.600. The highest BCUT2D eigenvalue weighted by Gasteiger charge is 2.52. The molecule has 3 nitrogen and oxygen atoms in total. The lowest BCUT2D eigenvalue weighted by molar-refractivity contribution is -0.130. The number of carbonyl (C=O) groups is 2. The van der Waals surface area contributed by atoms with Crippen LogP contribution in [0.2, 0.25) is 0 Å². The van der Waals surface area contributed by atoms with E-state index in [-0.39, 0.29) is 17.3 Å². The van der Waals surface area contributed by atoms with E-state index >= 15 is 0 Å². The third kappa shape index (κ3) is 3.06. The zero-order valence-corrected chi connectivity index (χ0v) is 14.1. The molecular formula is C20H26O3. The van der Waals surface area contributed by atoms with Crippen LogP contribution in [0.25, 0.3) is 0 Å². The van der Waals surface area contributed by atoms with Crippen molar-refractivity contribution in [2.45, 2.75) is 46.0 Å². The zero-order chi connectivity index (χ0) is 16.4. The molecule has 0 radical (unpaired) electrons. The molecule has 0 N–H and O–H groups in total. The highest BCUT2D eigenvalue weighted by Crippen LogP contribution is 2.56. The second-order valence-corrected chi connectivity index (χ2v) is 7.50. The fourth-order valence-electron chi connectivity index (χ4n) is 4.89. The van der Waals surface area contributed by atoms with Crippen molar-refractivity contribution in [3.63, 3.8) is 0 Å². The van der Waals surface area contributed by atoms with Gasteiger partial charge in [0.15, 0.2) is 0 Å². The Bertz CT molecular complexity index is 580. The van der Waals surface area contributed by atoms with Crippen LogP contribution in [-0.2, 0) is 9.53 Å². The van der Waals surface area contributed by atoms with E-state index in [0.29, 0.717) is 29.8 Å². The quantitative estimate of drug-likeness (QED) is 0.780. The topological polar surface area (TPSA) is 43.4 Å². The molecule has 1 aromatic rings. The summed E-state index contributed by atoms with van der Waals surface area (Å²) < 4.78 is 5.53. The van der Waals surface area contributed by atoms with Crippen LogP contribution in [-0.4, -0.2) is 18.4 Å². The molecule has 0 heterocycles. The van der Waals surface area contributed by atoms with Gasteiger partial charge in [-0.1, -0.05) is 32.0 Å². The first-order valence-corrected chi connectivity index (χ1v) is 8.77. The van der Waals surface area contributed by atoms with Crippen LogP contribution in [0.15, 0.2) is 30.3 Å². The smallest absolute Gasteiger partial charge is 0.338 e. The van der Waals surface area contributed by atoms with Gasteiger partial charge in [0, 0.05) is 12.3 Å². The van der Waals surface area contributed by atoms with Crippen molar-refractivity contribution in [3.8, 4) is 0 Å². The lowest BCUT2D eigenvalue weighted by Crippen LogP contribution is -2.40. The van der Waals surface area contributed by atoms with Gasteiger partial charge in [-0.15, -0.1) is 0 Å². The molecule has 0 amide bonds. The maximum atomic E-state index is 12.2. The van der Waals surface area contributed by atoms with Crippen LogP contribution in [0.5, 0.6) is 0 Å². The summed E-state index contributed by atoms with van der Waals surface area (Å²) in [4.78, 5) is 24.3. The number of ether oxygens (including phenoxy) is 1. The predicted octanol–water partition coefficient (Wildman–Crippen LogP) is 4.27. The van der Waals surface area contributed by atoms with Crippen molar-refractivity contribution in [3.05, 3.63) is 35.9 Å². The minimum Gasteiger partial charge on any atom is -0.462 e. The Morgan fingerprint density at radius 3 is 2.78 bits per heavy atom. The van der Waals surface area contributed by atoms with Crippen molar-refractivity contribution in [2.75, 3.05) is 6.61 Å². The van der Waals surface area contributed by atoms with Crippen LogP contribution >= 0.6 is 0 Å². The van der Waals surface area contributed by atoms with Crippen molar-refractivity contribution < 1.29 is 14.3 Å². The summed E-state index contributed by atoms with van der Waals surface area (Å²) in [5, 5.41) is 0. The molecule has 2 saturated carbocycles. The molecule has 0 unspecified atom stereocenters. The molecule has 0 spiro atoms. The zero-order valence-electron chi connectivity index (χ0n) is 14.1. The highest BCUT2D eigenvalue weighted by atomic mass is 16.5. The van der Waals surface area contributed by atoms with E-state index in [1.165, 1.54) is 0 Å². The first-order chi connectivity index (χ1) is 11.0. The third-order valence-corrected chi connectivity index (χ3v) is 6.11. The maximum Gasteiger partial charge on any atom is 0.338 e. The molecule has 0 bridgehead atoms. The van der Waals surface area contributed by atoms with Gasteiger partial charge >= 0.3 is 5.97 Å². The lowest BCUT2D eigenvalue weighted by atomic mass is 9.62. The molecule has 23 heavy (non-hydrogen) atoms. The number of esters is 1. The van der Waals surface area contributed by atoms with Crippen LogP contribution in [0.3, 0.4) is 0 Å². The Labute approximate surface area is 138 Å². The van der Waals surface area contributed by atoms with E-state index in [9.17, 15) is 9.59 Å². The standard InChI is InChI=1S/C20H26O3/c1-14(13-23-19(22)15-7-4-3-5-8-15)16-10-11-17-18(21)9-6-12-20(16,17)2/h3-5,7-8,14,16-17H,6,9-13H2,1-2H3/t14-,16-,17+,20-/m1/s1. The maximum absolute atomic E-state index is 12.2. The monoisotopic (exact) mass is 314 g/mol. The van der Waals surface area contributed by atoms with Crippen molar-refractivity contribution >= 4 is 11.8 Å². The van der Waals surface area contributed by atoms with Gasteiger partial charge in [0.05, 0.1) is 12.2 Å². The number of Topliss-reactive ketones (excluding diaryl/α,β-unsaturated/α-hetero) is 1. The van der Waals surface area contributed by atoms with Crippen LogP contribution in [0.1, 0.15) is 56.3 Å². The molecule has 2 aliphatic carbocycles. The Hall–Kier alpha value is -1.64. The number of rotatable bonds is 4. The molecule has 0 saturated heterocycles. The third-order valence-electron chi connectivity index (χ3n) is 6.11. The molecule has 1 aromatic carbocycles. The summed E-state index contributed by atoms with van der Waals surface area (Å²) >= 11 is 0. The number of fused-ring (bicyclic) bond motifs is 1. The van der Waals surface area contributed by atoms with E-state index in [0.717, 1.165) is 32.1 Å². The molecule has 3 rings (SSSR count). The average Bonchev–Trinajstić information content (AvgIpc) is 2.91. The van der Waals surface area contributed by atoms with Crippen LogP contribution < -0.4 is 0 Å². The minimum absolute atomic E-state index is 0.105. The molecule has 4 atom stereocenters. The van der Waals surface area contributed by atoms with Gasteiger partial charge in [-0.3, -0.25) is 4.79 Å². The first kappa shape index (κ1) is 16.2. The van der Waals surface area contributed by atoms with Gasteiger partial charge in [-0.05, 0) is 55.1 Å². The van der Waals surface area contributed by atoms with E-state index in [2.05, 4.69) is 13.8 Å². The second-order valence-electron chi connectivity index (χ2n) is 7.50. The van der Waals surface area contributed by atoms with E-state index in [4.69, 9.17) is 4.74 Å². The lowest BCUT2D eigenvalue weighted by Gasteiger charge is -2.42. The average molecular weight is 314 g/mol. The predicted molar refractivity (Wildman–Crippen MR) is 89.1 cm³/mol. The first-order valence-electron chi connectivity index (χ1n) is 8.77. The van der Waals surface area contributed by atoms with E-state index < -0.39 is 0 Å². The van der Waals surface area contributed by atoms with Gasteiger partial charge in [-0.2, -0.15) is 0 Å². The SMILES string of the molecule is C[C@H](COC(=O)c1ccccc1)[C@H]1CC[C@H]2C(=O)CCC[C@]12C. The normalized spacial score (nSPS) is 31.5. The number of ketones is 1. The van der Waals surface area contributed by atoms with Gasteiger partial charge in [0.25, 0.3) is 0 Å². The van der Waals surface area contributed by atoms with Crippen LogP contribution in [0.4, 0.5) is 0 Å². The largest absolute Gasteiger partial charge is 0.462 e. The summed E-state index contributed by atoms with van der Waals surface area (Å²) in [7, 11) is 0. The Kier molecular flexibility index (Phi) is 4.56. The number of hydrogen-bond donors (Lipinski definition) is 0. The van der Waals surface area contributed by atoms with Crippen LogP contribution in [0, 0.1) is 23.2 Å². The Morgan fingerprint density at radius 1 is 1.30 bits per heavy atom. The van der Waals surface area contributed by atoms with Gasteiger partial charge in [0.1, 0.15) is 5.78 Å². The van der Waals surface area contributed by atoms with Crippen molar-refractivity contribution in [1.29, 1.82) is 0 Å². The molecule has 124 valence electrons. The number of carbonyl (C=O) groups excluding carboxylic acids is 2. The molecule has 0 aromatic heterocycles. The molecular weight excluding hydrogens is 288 g/mol. The summed E-state index contributed by atoms with van der Waals surface area (Å²) in [6.07, 6.45) is 4.99. The number of benzene rings is 1. The van der Waals surface area contributed by atoms with Crippen molar-refractivity contribution in [1.82, 2.24) is 0 Å². The van der Waals surface area contributed by atoms with E-state index in [1.807, 2.05) is 18.2 Å². The summed E-state index contributed by atoms with van der Waals surface area (Å²) in [5.74, 6) is 1.20. The summed E-state index contributed by atoms with van der Waals surface area (Å²) in [6, 6.07) is 9.13. The van der Waals surface area contributed by atoms with Gasteiger partial charge in [-0.25, -0.2) is 4.79 Å². The molecule has 3 heteroatoms. The molecule has 2 fully saturated rings. The van der Waals surface area contributed by atoms with E-state index in [1.54, 1.807) is 12.1 Å². The summed E-state index contributed by atoms with van der Waals surface area (Å²) in [5.41, 5.74) is 0.705. The minimum atomic E-state index is -0.253. The van der Waals surface area contributed by atoms with Gasteiger partial charge < -0.3 is 4.74 Å². The summed E-state index contributed by atoms with van der Waals surface area (Å²) in [6.45, 7) is 4.88. The molecule has 0 aliphatic heterocycles. The van der Waals surface area contributed by atoms with Gasteiger partial charge in [0.2, 0.25) is 0 Å². The van der Waals surface area contributed by atoms with Crippen molar-refractivity contribution in [2.24, 2.45) is 23.2 Å². The Balaban J connectivity index is 1.61. The molecule has 2 aliphatic rings. The fourth-order valence-corrected chi connectivity index (χ4v) is 4.89.